The summed E-state index contributed by atoms with van der Waals surface area (Å²) in [7, 11) is 0. The van der Waals surface area contributed by atoms with Crippen molar-refractivity contribution >= 4 is 11.5 Å². The van der Waals surface area contributed by atoms with Gasteiger partial charge in [-0.3, -0.25) is 0 Å². The zero-order valence-electron chi connectivity index (χ0n) is 8.45. The van der Waals surface area contributed by atoms with Crippen molar-refractivity contribution in [3.63, 3.8) is 0 Å². The van der Waals surface area contributed by atoms with Crippen LogP contribution >= 0.6 is 0 Å². The van der Waals surface area contributed by atoms with Crippen LogP contribution in [0.1, 0.15) is 5.56 Å². The number of halogens is 3. The first kappa shape index (κ1) is 11.5. The molecule has 1 aromatic rings. The molecule has 0 fully saturated rings. The molecule has 0 spiro atoms. The maximum absolute atomic E-state index is 11.9. The third-order valence-corrected chi connectivity index (χ3v) is 2.12. The highest BCUT2D eigenvalue weighted by atomic mass is 19.4. The van der Waals surface area contributed by atoms with Crippen LogP contribution in [0.2, 0.25) is 0 Å². The van der Waals surface area contributed by atoms with E-state index < -0.39 is 12.3 Å². The summed E-state index contributed by atoms with van der Waals surface area (Å²) < 4.78 is 44.1. The predicted molar refractivity (Wildman–Crippen MR) is 52.1 cm³/mol. The molecule has 0 aromatic heterocycles. The minimum Gasteiger partial charge on any atom is -0.458 e. The van der Waals surface area contributed by atoms with Gasteiger partial charge in [-0.05, 0) is 17.7 Å². The van der Waals surface area contributed by atoms with Gasteiger partial charge in [0.1, 0.15) is 12.4 Å². The lowest BCUT2D eigenvalue weighted by molar-refractivity contribution is -0.274. The van der Waals surface area contributed by atoms with Crippen molar-refractivity contribution in [3.05, 3.63) is 35.9 Å². The molecule has 0 amide bonds. The second kappa shape index (κ2) is 4.12. The van der Waals surface area contributed by atoms with Crippen molar-refractivity contribution in [1.29, 1.82) is 0 Å². The number of alkyl halides is 3. The monoisotopic (exact) mass is 244 g/mol. The summed E-state index contributed by atoms with van der Waals surface area (Å²) >= 11 is 0. The van der Waals surface area contributed by atoms with Gasteiger partial charge in [-0.25, -0.2) is 4.79 Å². The van der Waals surface area contributed by atoms with E-state index in [9.17, 15) is 18.0 Å². The van der Waals surface area contributed by atoms with Crippen LogP contribution in [-0.4, -0.2) is 18.9 Å². The molecule has 0 radical (unpaired) electrons. The Morgan fingerprint density at radius 2 is 1.82 bits per heavy atom. The Morgan fingerprint density at radius 3 is 2.29 bits per heavy atom. The molecule has 3 nitrogen and oxygen atoms in total. The van der Waals surface area contributed by atoms with Crippen LogP contribution in [-0.2, 0) is 9.53 Å². The van der Waals surface area contributed by atoms with Crippen LogP contribution in [0.4, 0.5) is 13.2 Å². The topological polar surface area (TPSA) is 35.5 Å². The Kier molecular flexibility index (Phi) is 2.79. The van der Waals surface area contributed by atoms with E-state index in [1.54, 1.807) is 0 Å². The molecule has 0 saturated heterocycles. The van der Waals surface area contributed by atoms with E-state index in [0.717, 1.165) is 0 Å². The van der Waals surface area contributed by atoms with E-state index in [4.69, 9.17) is 0 Å². The molecule has 17 heavy (non-hydrogen) atoms. The van der Waals surface area contributed by atoms with E-state index in [2.05, 4.69) is 9.47 Å². The summed E-state index contributed by atoms with van der Waals surface area (Å²) in [6.45, 7) is 0.137. The van der Waals surface area contributed by atoms with Crippen molar-refractivity contribution in [2.24, 2.45) is 0 Å². The number of hydrogen-bond acceptors (Lipinski definition) is 3. The van der Waals surface area contributed by atoms with Gasteiger partial charge in [0.2, 0.25) is 0 Å². The fourth-order valence-corrected chi connectivity index (χ4v) is 1.41. The Labute approximate surface area is 94.4 Å². The average molecular weight is 244 g/mol. The first-order valence-electron chi connectivity index (χ1n) is 4.67. The number of carbonyl (C=O) groups excluding carboxylic acids is 1. The zero-order valence-corrected chi connectivity index (χ0v) is 8.45. The summed E-state index contributed by atoms with van der Waals surface area (Å²) in [6.07, 6.45) is -3.40. The Hall–Kier alpha value is -1.98. The van der Waals surface area contributed by atoms with E-state index >= 15 is 0 Å². The Bertz CT molecular complexity index is 460. The second-order valence-electron chi connectivity index (χ2n) is 3.35. The lowest BCUT2D eigenvalue weighted by Gasteiger charge is -2.09. The third kappa shape index (κ3) is 2.99. The van der Waals surface area contributed by atoms with Gasteiger partial charge < -0.3 is 9.47 Å². The Balaban J connectivity index is 2.13. The number of rotatable bonds is 2. The highest BCUT2D eigenvalue weighted by Gasteiger charge is 2.31. The van der Waals surface area contributed by atoms with Gasteiger partial charge >= 0.3 is 12.3 Å². The van der Waals surface area contributed by atoms with Gasteiger partial charge in [0.15, 0.2) is 0 Å². The zero-order chi connectivity index (χ0) is 12.5. The second-order valence-corrected chi connectivity index (χ2v) is 3.35. The van der Waals surface area contributed by atoms with Crippen molar-refractivity contribution < 1.29 is 27.4 Å². The standard InChI is InChI=1S/C11H7F3O3/c12-11(13,14)17-9-3-1-7(2-4-9)8-5-10(15)16-6-8/h1-5H,6H2. The largest absolute Gasteiger partial charge is 0.573 e. The first-order valence-corrected chi connectivity index (χ1v) is 4.67. The minimum absolute atomic E-state index is 0.137. The van der Waals surface area contributed by atoms with Crippen LogP contribution in [0.5, 0.6) is 5.75 Å². The molecule has 0 atom stereocenters. The fourth-order valence-electron chi connectivity index (χ4n) is 1.41. The molecule has 6 heteroatoms. The molecule has 0 saturated carbocycles. The average Bonchev–Trinajstić information content (AvgIpc) is 2.63. The fraction of sp³-hybridized carbons (Fsp3) is 0.182. The van der Waals surface area contributed by atoms with Crippen molar-refractivity contribution in [2.75, 3.05) is 6.61 Å². The predicted octanol–water partition coefficient (Wildman–Crippen LogP) is 2.53. The summed E-state index contributed by atoms with van der Waals surface area (Å²) in [4.78, 5) is 10.8. The maximum Gasteiger partial charge on any atom is 0.573 e. The molecule has 0 bridgehead atoms. The molecule has 2 rings (SSSR count). The SMILES string of the molecule is O=C1C=C(c2ccc(OC(F)(F)F)cc2)CO1. The van der Waals surface area contributed by atoms with Crippen LogP contribution < -0.4 is 4.74 Å². The molecular weight excluding hydrogens is 237 g/mol. The van der Waals surface area contributed by atoms with Gasteiger partial charge in [0, 0.05) is 11.6 Å². The smallest absolute Gasteiger partial charge is 0.458 e. The summed E-state index contributed by atoms with van der Waals surface area (Å²) in [5.41, 5.74) is 1.26. The number of hydrogen-bond donors (Lipinski definition) is 0. The molecular formula is C11H7F3O3. The van der Waals surface area contributed by atoms with E-state index in [1.165, 1.54) is 30.3 Å². The van der Waals surface area contributed by atoms with Crippen molar-refractivity contribution in [3.8, 4) is 5.75 Å². The number of esters is 1. The van der Waals surface area contributed by atoms with Crippen LogP contribution in [0.25, 0.3) is 5.57 Å². The van der Waals surface area contributed by atoms with Crippen molar-refractivity contribution in [2.45, 2.75) is 6.36 Å². The molecule has 1 aliphatic rings. The van der Waals surface area contributed by atoms with Crippen LogP contribution in [0.15, 0.2) is 30.3 Å². The molecule has 90 valence electrons. The first-order chi connectivity index (χ1) is 7.94. The minimum atomic E-state index is -4.70. The number of cyclic esters (lactones) is 1. The van der Waals surface area contributed by atoms with E-state index in [1.807, 2.05) is 0 Å². The molecule has 0 aliphatic carbocycles. The molecule has 1 aliphatic heterocycles. The van der Waals surface area contributed by atoms with Crippen LogP contribution in [0, 0.1) is 0 Å². The van der Waals surface area contributed by atoms with E-state index in [-0.39, 0.29) is 12.4 Å². The molecule has 1 aromatic carbocycles. The number of ether oxygens (including phenoxy) is 2. The summed E-state index contributed by atoms with van der Waals surface area (Å²) in [5.74, 6) is -0.747. The Morgan fingerprint density at radius 1 is 1.18 bits per heavy atom. The summed E-state index contributed by atoms with van der Waals surface area (Å²) in [5, 5.41) is 0. The van der Waals surface area contributed by atoms with Crippen molar-refractivity contribution in [1.82, 2.24) is 0 Å². The lowest BCUT2D eigenvalue weighted by atomic mass is 10.1. The quantitative estimate of drug-likeness (QED) is 0.750. The number of carbonyl (C=O) groups is 1. The molecule has 1 heterocycles. The van der Waals surface area contributed by atoms with Crippen LogP contribution in [0.3, 0.4) is 0 Å². The number of benzene rings is 1. The van der Waals surface area contributed by atoms with Gasteiger partial charge in [-0.15, -0.1) is 13.2 Å². The highest BCUT2D eigenvalue weighted by Crippen LogP contribution is 2.26. The molecule has 0 N–H and O–H groups in total. The van der Waals surface area contributed by atoms with Gasteiger partial charge in [0.05, 0.1) is 0 Å². The third-order valence-electron chi connectivity index (χ3n) is 2.12. The van der Waals surface area contributed by atoms with Gasteiger partial charge in [-0.1, -0.05) is 12.1 Å². The van der Waals surface area contributed by atoms with E-state index in [0.29, 0.717) is 11.1 Å². The lowest BCUT2D eigenvalue weighted by Crippen LogP contribution is -2.17. The maximum atomic E-state index is 11.9. The highest BCUT2D eigenvalue weighted by molar-refractivity contribution is 5.95. The summed E-state index contributed by atoms with van der Waals surface area (Å²) in [6, 6.07) is 5.25. The normalized spacial score (nSPS) is 15.5. The van der Waals surface area contributed by atoms with Gasteiger partial charge in [-0.2, -0.15) is 0 Å². The van der Waals surface area contributed by atoms with Gasteiger partial charge in [0.25, 0.3) is 0 Å². The molecule has 0 unspecified atom stereocenters.